The Kier molecular flexibility index (Phi) is 10.8. The van der Waals surface area contributed by atoms with Crippen LogP contribution >= 0.6 is 0 Å². The lowest BCUT2D eigenvalue weighted by atomic mass is 10.0. The lowest BCUT2D eigenvalue weighted by molar-refractivity contribution is -0.163. The molecule has 0 radical (unpaired) electrons. The van der Waals surface area contributed by atoms with Gasteiger partial charge in [-0.25, -0.2) is 0 Å². The molecule has 0 heterocycles. The average molecular weight is 414 g/mol. The average Bonchev–Trinajstić information content (AvgIpc) is 2.78. The van der Waals surface area contributed by atoms with Crippen molar-refractivity contribution in [2.75, 3.05) is 13.9 Å². The highest BCUT2D eigenvalue weighted by Gasteiger charge is 2.31. The summed E-state index contributed by atoms with van der Waals surface area (Å²) >= 11 is 0. The van der Waals surface area contributed by atoms with Gasteiger partial charge in [-0.3, -0.25) is 4.79 Å². The third kappa shape index (κ3) is 8.47. The second-order valence-corrected chi connectivity index (χ2v) is 6.80. The maximum Gasteiger partial charge on any atom is 0.303 e. The van der Waals surface area contributed by atoms with E-state index in [1.54, 1.807) is 6.08 Å². The molecule has 0 aliphatic rings. The molecule has 1 N–H and O–H groups in total. The highest BCUT2D eigenvalue weighted by molar-refractivity contribution is 5.66. The van der Waals surface area contributed by atoms with E-state index in [0.717, 1.165) is 11.1 Å². The fraction of sp³-hybridized carbons (Fsp3) is 0.375. The maximum atomic E-state index is 11.2. The van der Waals surface area contributed by atoms with Gasteiger partial charge < -0.3 is 24.1 Å². The summed E-state index contributed by atoms with van der Waals surface area (Å²) in [6.07, 6.45) is 0.282. The number of carbonyl (C=O) groups is 1. The van der Waals surface area contributed by atoms with Gasteiger partial charge in [0.25, 0.3) is 0 Å². The van der Waals surface area contributed by atoms with Crippen LogP contribution in [0.15, 0.2) is 73.3 Å². The van der Waals surface area contributed by atoms with Gasteiger partial charge in [0.15, 0.2) is 0 Å². The summed E-state index contributed by atoms with van der Waals surface area (Å²) in [4.78, 5) is 11.2. The number of aliphatic carboxylic acids is 1. The molecule has 0 fully saturated rings. The normalized spacial score (nSPS) is 14.0. The number of benzene rings is 2. The van der Waals surface area contributed by atoms with Crippen LogP contribution in [0.5, 0.6) is 0 Å². The minimum atomic E-state index is -0.891. The molecular formula is C24H30O6. The molecule has 0 saturated carbocycles. The van der Waals surface area contributed by atoms with Crippen molar-refractivity contribution in [2.45, 2.75) is 44.4 Å². The molecule has 0 aliphatic heterocycles. The monoisotopic (exact) mass is 414 g/mol. The van der Waals surface area contributed by atoms with E-state index in [1.807, 2.05) is 60.7 Å². The van der Waals surface area contributed by atoms with Gasteiger partial charge in [0.1, 0.15) is 19.0 Å². The summed E-state index contributed by atoms with van der Waals surface area (Å²) in [5.74, 6) is -0.891. The van der Waals surface area contributed by atoms with E-state index in [-0.39, 0.29) is 19.6 Å². The standard InChI is InChI=1S/C24H30O6/c1-3-21(30-18-27-2)24(29-17-20-12-8-5-9-13-20)22(14-15-23(25)26)28-16-19-10-6-4-7-11-19/h3-13,21-22,24H,1,14-18H2,2H3,(H,25,26)/t21-,22-,24+/m1/s1. The first kappa shape index (κ1) is 23.8. The smallest absolute Gasteiger partial charge is 0.303 e. The number of rotatable bonds is 15. The van der Waals surface area contributed by atoms with E-state index in [2.05, 4.69) is 6.58 Å². The molecule has 0 saturated heterocycles. The molecule has 2 rings (SSSR count). The van der Waals surface area contributed by atoms with Crippen molar-refractivity contribution in [3.8, 4) is 0 Å². The van der Waals surface area contributed by atoms with Gasteiger partial charge in [-0.1, -0.05) is 66.7 Å². The van der Waals surface area contributed by atoms with Gasteiger partial charge in [-0.15, -0.1) is 6.58 Å². The van der Waals surface area contributed by atoms with Crippen LogP contribution in [-0.2, 0) is 37.0 Å². The van der Waals surface area contributed by atoms with Crippen molar-refractivity contribution in [3.05, 3.63) is 84.4 Å². The molecule has 0 amide bonds. The van der Waals surface area contributed by atoms with Gasteiger partial charge in [0.05, 0.1) is 19.3 Å². The summed E-state index contributed by atoms with van der Waals surface area (Å²) in [7, 11) is 1.54. The number of methoxy groups -OCH3 is 1. The zero-order valence-corrected chi connectivity index (χ0v) is 17.3. The molecular weight excluding hydrogens is 384 g/mol. The van der Waals surface area contributed by atoms with E-state index in [4.69, 9.17) is 18.9 Å². The third-order valence-electron chi connectivity index (χ3n) is 4.54. The highest BCUT2D eigenvalue weighted by Crippen LogP contribution is 2.21. The van der Waals surface area contributed by atoms with Crippen molar-refractivity contribution >= 4 is 5.97 Å². The Morgan fingerprint density at radius 2 is 1.53 bits per heavy atom. The summed E-state index contributed by atoms with van der Waals surface area (Å²) in [5.41, 5.74) is 1.99. The van der Waals surface area contributed by atoms with Crippen LogP contribution in [0.1, 0.15) is 24.0 Å². The second kappa shape index (κ2) is 13.7. The Morgan fingerprint density at radius 3 is 2.03 bits per heavy atom. The van der Waals surface area contributed by atoms with Gasteiger partial charge in [-0.2, -0.15) is 0 Å². The fourth-order valence-electron chi connectivity index (χ4n) is 3.01. The van der Waals surface area contributed by atoms with Gasteiger partial charge >= 0.3 is 5.97 Å². The van der Waals surface area contributed by atoms with E-state index in [0.29, 0.717) is 13.2 Å². The highest BCUT2D eigenvalue weighted by atomic mass is 16.7. The number of hydrogen-bond acceptors (Lipinski definition) is 5. The predicted molar refractivity (Wildman–Crippen MR) is 114 cm³/mol. The van der Waals surface area contributed by atoms with Crippen molar-refractivity contribution in [2.24, 2.45) is 0 Å². The first-order chi connectivity index (χ1) is 14.6. The molecule has 3 atom stereocenters. The summed E-state index contributed by atoms with van der Waals surface area (Å²) in [6, 6.07) is 19.5. The predicted octanol–water partition coefficient (Wildman–Crippen LogP) is 4.20. The van der Waals surface area contributed by atoms with Crippen LogP contribution in [-0.4, -0.2) is 43.3 Å². The zero-order chi connectivity index (χ0) is 21.6. The van der Waals surface area contributed by atoms with Crippen molar-refractivity contribution in [3.63, 3.8) is 0 Å². The first-order valence-electron chi connectivity index (χ1n) is 9.90. The molecule has 6 nitrogen and oxygen atoms in total. The van der Waals surface area contributed by atoms with Crippen LogP contribution in [0.4, 0.5) is 0 Å². The van der Waals surface area contributed by atoms with E-state index in [1.165, 1.54) is 7.11 Å². The Balaban J connectivity index is 2.18. The molecule has 0 aliphatic carbocycles. The molecule has 2 aromatic rings. The van der Waals surface area contributed by atoms with E-state index < -0.39 is 24.3 Å². The quantitative estimate of drug-likeness (QED) is 0.348. The number of hydrogen-bond donors (Lipinski definition) is 1. The Labute approximate surface area is 178 Å². The van der Waals surface area contributed by atoms with Gasteiger partial charge in [0.2, 0.25) is 0 Å². The summed E-state index contributed by atoms with van der Waals surface area (Å²) < 4.78 is 23.1. The molecule has 0 spiro atoms. The lowest BCUT2D eigenvalue weighted by Crippen LogP contribution is -2.42. The zero-order valence-electron chi connectivity index (χ0n) is 17.3. The maximum absolute atomic E-state index is 11.2. The van der Waals surface area contributed by atoms with Crippen molar-refractivity contribution < 1.29 is 28.8 Å². The van der Waals surface area contributed by atoms with Crippen LogP contribution in [0.3, 0.4) is 0 Å². The van der Waals surface area contributed by atoms with Crippen LogP contribution in [0.25, 0.3) is 0 Å². The molecule has 0 bridgehead atoms. The minimum absolute atomic E-state index is 0.0429. The molecule has 2 aromatic carbocycles. The molecule has 162 valence electrons. The van der Waals surface area contributed by atoms with Crippen LogP contribution in [0, 0.1) is 0 Å². The fourth-order valence-corrected chi connectivity index (χ4v) is 3.01. The molecule has 0 aromatic heterocycles. The van der Waals surface area contributed by atoms with E-state index in [9.17, 15) is 9.90 Å². The van der Waals surface area contributed by atoms with Crippen molar-refractivity contribution in [1.29, 1.82) is 0 Å². The third-order valence-corrected chi connectivity index (χ3v) is 4.54. The number of carboxylic acids is 1. The number of carboxylic acid groups (broad SMARTS) is 1. The molecule has 30 heavy (non-hydrogen) atoms. The minimum Gasteiger partial charge on any atom is -0.481 e. The van der Waals surface area contributed by atoms with Gasteiger partial charge in [-0.05, 0) is 17.5 Å². The van der Waals surface area contributed by atoms with Gasteiger partial charge in [0, 0.05) is 13.5 Å². The van der Waals surface area contributed by atoms with Crippen molar-refractivity contribution in [1.82, 2.24) is 0 Å². The van der Waals surface area contributed by atoms with Crippen LogP contribution in [0.2, 0.25) is 0 Å². The summed E-state index contributed by atoms with van der Waals surface area (Å²) in [5, 5.41) is 9.21. The Hall–Kier alpha value is -2.51. The Morgan fingerprint density at radius 1 is 0.967 bits per heavy atom. The molecule has 6 heteroatoms. The van der Waals surface area contributed by atoms with E-state index >= 15 is 0 Å². The van der Waals surface area contributed by atoms with Crippen LogP contribution < -0.4 is 0 Å². The topological polar surface area (TPSA) is 74.2 Å². The number of ether oxygens (including phenoxy) is 4. The molecule has 0 unspecified atom stereocenters. The largest absolute Gasteiger partial charge is 0.481 e. The second-order valence-electron chi connectivity index (χ2n) is 6.80. The summed E-state index contributed by atoms with van der Waals surface area (Å²) in [6.45, 7) is 4.59. The first-order valence-corrected chi connectivity index (χ1v) is 9.90. The lowest BCUT2D eigenvalue weighted by Gasteiger charge is -2.32. The SMILES string of the molecule is C=C[C@@H](OCOC)[C@H](OCc1ccccc1)[C@@H](CCC(=O)O)OCc1ccccc1. The Bertz CT molecular complexity index is 734.